The van der Waals surface area contributed by atoms with Crippen molar-refractivity contribution in [3.63, 3.8) is 0 Å². The van der Waals surface area contributed by atoms with E-state index in [2.05, 4.69) is 38.5 Å². The molecule has 0 N–H and O–H groups in total. The van der Waals surface area contributed by atoms with Gasteiger partial charge in [-0.1, -0.05) is 39.3 Å². The van der Waals surface area contributed by atoms with Gasteiger partial charge in [-0.2, -0.15) is 0 Å². The zero-order chi connectivity index (χ0) is 14.6. The van der Waals surface area contributed by atoms with Crippen molar-refractivity contribution in [2.45, 2.75) is 53.9 Å². The Kier molecular flexibility index (Phi) is 5.77. The predicted octanol–water partition coefficient (Wildman–Crippen LogP) is 3.73. The lowest BCUT2D eigenvalue weighted by Crippen LogP contribution is -2.11. The van der Waals surface area contributed by atoms with Crippen LogP contribution in [0.3, 0.4) is 0 Å². The fourth-order valence-electron chi connectivity index (χ4n) is 2.99. The first-order valence-corrected chi connectivity index (χ1v) is 7.22. The van der Waals surface area contributed by atoms with Gasteiger partial charge in [-0.05, 0) is 37.5 Å². The van der Waals surface area contributed by atoms with E-state index in [0.717, 1.165) is 17.9 Å². The molecule has 0 aromatic heterocycles. The molecule has 0 unspecified atom stereocenters. The molecule has 1 rings (SSSR count). The lowest BCUT2D eigenvalue weighted by molar-refractivity contribution is -0.152. The molecule has 3 heteroatoms. The number of carbonyl (C=O) groups is 2. The molecule has 108 valence electrons. The first-order valence-electron chi connectivity index (χ1n) is 7.22. The van der Waals surface area contributed by atoms with Gasteiger partial charge in [0, 0.05) is 0 Å². The van der Waals surface area contributed by atoms with Gasteiger partial charge in [-0.3, -0.25) is 9.59 Å². The van der Waals surface area contributed by atoms with E-state index in [0.29, 0.717) is 11.8 Å². The van der Waals surface area contributed by atoms with Gasteiger partial charge in [-0.15, -0.1) is 0 Å². The minimum Gasteiger partial charge on any atom is -0.393 e. The Balaban J connectivity index is 2.53. The van der Waals surface area contributed by atoms with E-state index in [1.807, 2.05) is 6.92 Å². The first-order chi connectivity index (χ1) is 8.79. The minimum atomic E-state index is -0.399. The normalized spacial score (nSPS) is 23.7. The maximum absolute atomic E-state index is 11.5. The molecule has 1 saturated heterocycles. The second kappa shape index (κ2) is 6.88. The molecular weight excluding hydrogens is 240 g/mol. The number of rotatable bonds is 6. The van der Waals surface area contributed by atoms with E-state index in [1.165, 1.54) is 6.42 Å². The Morgan fingerprint density at radius 3 is 2.37 bits per heavy atom. The molecule has 0 spiro atoms. The van der Waals surface area contributed by atoms with Gasteiger partial charge in [0.05, 0.1) is 12.3 Å². The van der Waals surface area contributed by atoms with Crippen molar-refractivity contribution in [3.05, 3.63) is 11.6 Å². The Morgan fingerprint density at radius 1 is 1.26 bits per heavy atom. The van der Waals surface area contributed by atoms with Crippen LogP contribution in [0.1, 0.15) is 53.9 Å². The molecule has 0 radical (unpaired) electrons. The van der Waals surface area contributed by atoms with Crippen LogP contribution < -0.4 is 0 Å². The van der Waals surface area contributed by atoms with Crippen LogP contribution in [0, 0.1) is 23.7 Å². The minimum absolute atomic E-state index is 0.204. The highest BCUT2D eigenvalue weighted by molar-refractivity contribution is 5.96. The van der Waals surface area contributed by atoms with Crippen LogP contribution in [0.15, 0.2) is 11.6 Å². The number of esters is 2. The van der Waals surface area contributed by atoms with Crippen molar-refractivity contribution < 1.29 is 14.3 Å². The van der Waals surface area contributed by atoms with Crippen LogP contribution in [0.4, 0.5) is 0 Å². The molecule has 0 aromatic rings. The maximum atomic E-state index is 11.5. The number of ether oxygens (including phenoxy) is 1. The molecule has 1 heterocycles. The van der Waals surface area contributed by atoms with Crippen molar-refractivity contribution in [1.29, 1.82) is 0 Å². The van der Waals surface area contributed by atoms with Gasteiger partial charge in [0.1, 0.15) is 0 Å². The molecule has 0 aliphatic carbocycles. The van der Waals surface area contributed by atoms with Crippen molar-refractivity contribution in [2.75, 3.05) is 0 Å². The number of carbonyl (C=O) groups excluding carboxylic acids is 2. The molecule has 0 amide bonds. The summed E-state index contributed by atoms with van der Waals surface area (Å²) in [6.45, 7) is 10.8. The number of cyclic esters (lactones) is 2. The van der Waals surface area contributed by atoms with Crippen molar-refractivity contribution in [1.82, 2.24) is 0 Å². The van der Waals surface area contributed by atoms with E-state index in [9.17, 15) is 9.59 Å². The molecule has 3 atom stereocenters. The Morgan fingerprint density at radius 2 is 1.89 bits per heavy atom. The molecule has 1 aliphatic heterocycles. The molecule has 1 aliphatic rings. The zero-order valence-electron chi connectivity index (χ0n) is 12.7. The highest BCUT2D eigenvalue weighted by Crippen LogP contribution is 2.27. The maximum Gasteiger partial charge on any atom is 0.321 e. The molecule has 1 fully saturated rings. The highest BCUT2D eigenvalue weighted by atomic mass is 16.6. The summed E-state index contributed by atoms with van der Waals surface area (Å²) in [5.74, 6) is 0.684. The quantitative estimate of drug-likeness (QED) is 0.418. The van der Waals surface area contributed by atoms with Gasteiger partial charge in [-0.25, -0.2) is 0 Å². The van der Waals surface area contributed by atoms with E-state index in [1.54, 1.807) is 0 Å². The van der Waals surface area contributed by atoms with Crippen molar-refractivity contribution >= 4 is 11.9 Å². The molecule has 0 aromatic carbocycles. The molecule has 0 bridgehead atoms. The fraction of sp³-hybridized carbons (Fsp3) is 0.750. The fourth-order valence-corrected chi connectivity index (χ4v) is 2.99. The average Bonchev–Trinajstić information content (AvgIpc) is 2.55. The zero-order valence-corrected chi connectivity index (χ0v) is 12.7. The van der Waals surface area contributed by atoms with Gasteiger partial charge in [0.2, 0.25) is 0 Å². The van der Waals surface area contributed by atoms with Crippen LogP contribution in [0.25, 0.3) is 0 Å². The van der Waals surface area contributed by atoms with Crippen LogP contribution >= 0.6 is 0 Å². The lowest BCUT2D eigenvalue weighted by atomic mass is 9.87. The van der Waals surface area contributed by atoms with Crippen LogP contribution in [-0.2, 0) is 14.3 Å². The Bertz CT molecular complexity index is 368. The lowest BCUT2D eigenvalue weighted by Gasteiger charge is -2.17. The second-order valence-electron chi connectivity index (χ2n) is 6.41. The van der Waals surface area contributed by atoms with Crippen molar-refractivity contribution in [3.8, 4) is 0 Å². The monoisotopic (exact) mass is 266 g/mol. The van der Waals surface area contributed by atoms with Crippen LogP contribution in [0.2, 0.25) is 0 Å². The molecule has 3 nitrogen and oxygen atoms in total. The van der Waals surface area contributed by atoms with Gasteiger partial charge < -0.3 is 4.74 Å². The molecule has 19 heavy (non-hydrogen) atoms. The summed E-state index contributed by atoms with van der Waals surface area (Å²) in [5.41, 5.74) is 0.972. The summed E-state index contributed by atoms with van der Waals surface area (Å²) in [6, 6.07) is 0. The molecule has 0 saturated carbocycles. The number of hydrogen-bond donors (Lipinski definition) is 0. The number of hydrogen-bond acceptors (Lipinski definition) is 3. The summed E-state index contributed by atoms with van der Waals surface area (Å²) in [5, 5.41) is 0. The largest absolute Gasteiger partial charge is 0.393 e. The Labute approximate surface area is 116 Å². The second-order valence-corrected chi connectivity index (χ2v) is 6.41. The van der Waals surface area contributed by atoms with Gasteiger partial charge in [0.15, 0.2) is 0 Å². The topological polar surface area (TPSA) is 43.4 Å². The summed E-state index contributed by atoms with van der Waals surface area (Å²) >= 11 is 0. The van der Waals surface area contributed by atoms with E-state index in [4.69, 9.17) is 0 Å². The standard InChI is InChI=1S/C16H26O3/c1-10(2)6-11(3)7-12(4)8-13(5)14-9-15(17)19-16(14)18/h8,10-12,14H,6-7,9H2,1-5H3/b13-8+/t11-,12+,14+/m0/s1. The van der Waals surface area contributed by atoms with Gasteiger partial charge in [0.25, 0.3) is 0 Å². The summed E-state index contributed by atoms with van der Waals surface area (Å²) in [6.07, 6.45) is 4.67. The predicted molar refractivity (Wildman–Crippen MR) is 75.4 cm³/mol. The summed E-state index contributed by atoms with van der Waals surface area (Å²) in [7, 11) is 0. The van der Waals surface area contributed by atoms with Gasteiger partial charge >= 0.3 is 11.9 Å². The van der Waals surface area contributed by atoms with E-state index in [-0.39, 0.29) is 18.3 Å². The Hall–Kier alpha value is -1.12. The van der Waals surface area contributed by atoms with Crippen LogP contribution in [0.5, 0.6) is 0 Å². The number of allylic oxidation sites excluding steroid dienone is 1. The average molecular weight is 266 g/mol. The SMILES string of the molecule is C/C(=C\[C@H](C)C[C@@H](C)CC(C)C)[C@H]1CC(=O)OC1=O. The third-order valence-electron chi connectivity index (χ3n) is 3.61. The van der Waals surface area contributed by atoms with E-state index < -0.39 is 5.97 Å². The summed E-state index contributed by atoms with van der Waals surface area (Å²) in [4.78, 5) is 22.6. The van der Waals surface area contributed by atoms with E-state index >= 15 is 0 Å². The third kappa shape index (κ3) is 5.17. The third-order valence-corrected chi connectivity index (χ3v) is 3.61. The first kappa shape index (κ1) is 15.9. The smallest absolute Gasteiger partial charge is 0.321 e. The highest BCUT2D eigenvalue weighted by Gasteiger charge is 2.34. The molecular formula is C16H26O3. The van der Waals surface area contributed by atoms with Crippen LogP contribution in [-0.4, -0.2) is 11.9 Å². The van der Waals surface area contributed by atoms with Crippen molar-refractivity contribution in [2.24, 2.45) is 23.7 Å². The summed E-state index contributed by atoms with van der Waals surface area (Å²) < 4.78 is 4.59.